The third-order valence-corrected chi connectivity index (χ3v) is 2.89. The molecule has 4 heteroatoms. The average molecular weight is 255 g/mol. The van der Waals surface area contributed by atoms with Gasteiger partial charge in [-0.1, -0.05) is 18.2 Å². The van der Waals surface area contributed by atoms with Crippen LogP contribution in [-0.4, -0.2) is 10.9 Å². The molecule has 2 aromatic rings. The first-order valence-electron chi connectivity index (χ1n) is 6.16. The first-order valence-corrected chi connectivity index (χ1v) is 6.16. The van der Waals surface area contributed by atoms with Crippen molar-refractivity contribution in [1.29, 1.82) is 0 Å². The minimum atomic E-state index is -0.208. The Hall–Kier alpha value is -2.20. The molecule has 4 nitrogen and oxygen atoms in total. The molecule has 1 amide bonds. The number of carbonyl (C=O) groups excluding carboxylic acids is 1. The number of pyridine rings is 1. The van der Waals surface area contributed by atoms with Gasteiger partial charge < -0.3 is 11.1 Å². The highest BCUT2D eigenvalue weighted by molar-refractivity contribution is 6.03. The number of hydrogen-bond donors (Lipinski definition) is 2. The Kier molecular flexibility index (Phi) is 3.92. The number of aromatic nitrogens is 1. The van der Waals surface area contributed by atoms with Crippen molar-refractivity contribution in [2.24, 2.45) is 5.73 Å². The van der Waals surface area contributed by atoms with E-state index in [4.69, 9.17) is 5.73 Å². The van der Waals surface area contributed by atoms with Crippen molar-refractivity contribution in [3.05, 3.63) is 59.4 Å². The predicted octanol–water partition coefficient (Wildman–Crippen LogP) is 2.66. The Morgan fingerprint density at radius 1 is 1.32 bits per heavy atom. The number of benzene rings is 1. The van der Waals surface area contributed by atoms with Gasteiger partial charge in [0, 0.05) is 17.9 Å². The molecule has 0 bridgehead atoms. The molecule has 0 aliphatic carbocycles. The minimum absolute atomic E-state index is 0.0616. The maximum absolute atomic E-state index is 12.1. The predicted molar refractivity (Wildman–Crippen MR) is 76.0 cm³/mol. The summed E-state index contributed by atoms with van der Waals surface area (Å²) in [5, 5.41) is 2.84. The number of anilines is 1. The van der Waals surface area contributed by atoms with E-state index in [1.807, 2.05) is 50.2 Å². The van der Waals surface area contributed by atoms with E-state index < -0.39 is 0 Å². The van der Waals surface area contributed by atoms with Gasteiger partial charge in [-0.3, -0.25) is 9.78 Å². The summed E-state index contributed by atoms with van der Waals surface area (Å²) in [7, 11) is 0. The molecule has 0 spiro atoms. The summed E-state index contributed by atoms with van der Waals surface area (Å²) < 4.78 is 0. The summed E-state index contributed by atoms with van der Waals surface area (Å²) in [6.45, 7) is 3.77. The second-order valence-electron chi connectivity index (χ2n) is 4.54. The number of carbonyl (C=O) groups is 1. The van der Waals surface area contributed by atoms with Crippen LogP contribution < -0.4 is 11.1 Å². The maximum atomic E-state index is 12.1. The minimum Gasteiger partial charge on any atom is -0.324 e. The van der Waals surface area contributed by atoms with Crippen LogP contribution in [0, 0.1) is 6.92 Å². The summed E-state index contributed by atoms with van der Waals surface area (Å²) in [5.41, 5.74) is 8.82. The Morgan fingerprint density at radius 2 is 2.11 bits per heavy atom. The highest BCUT2D eigenvalue weighted by atomic mass is 16.1. The molecule has 0 saturated carbocycles. The Labute approximate surface area is 112 Å². The summed E-state index contributed by atoms with van der Waals surface area (Å²) in [5.74, 6) is -0.208. The summed E-state index contributed by atoms with van der Waals surface area (Å²) in [4.78, 5) is 16.2. The van der Waals surface area contributed by atoms with Gasteiger partial charge in [0.15, 0.2) is 0 Å². The highest BCUT2D eigenvalue weighted by Gasteiger charge is 2.10. The molecule has 1 aromatic carbocycles. The van der Waals surface area contributed by atoms with Gasteiger partial charge in [-0.25, -0.2) is 0 Å². The molecule has 19 heavy (non-hydrogen) atoms. The molecule has 1 unspecified atom stereocenters. The van der Waals surface area contributed by atoms with Gasteiger partial charge in [0.05, 0.1) is 0 Å². The number of nitrogens with zero attached hydrogens (tertiary/aromatic N) is 1. The van der Waals surface area contributed by atoms with Crippen LogP contribution in [0.5, 0.6) is 0 Å². The topological polar surface area (TPSA) is 68.0 Å². The Bertz CT molecular complexity index is 593. The van der Waals surface area contributed by atoms with E-state index in [1.54, 1.807) is 6.20 Å². The number of hydrogen-bond acceptors (Lipinski definition) is 3. The van der Waals surface area contributed by atoms with Gasteiger partial charge in [0.1, 0.15) is 5.69 Å². The normalized spacial score (nSPS) is 11.9. The molecule has 1 atom stereocenters. The van der Waals surface area contributed by atoms with E-state index in [0.717, 1.165) is 16.8 Å². The van der Waals surface area contributed by atoms with Crippen LogP contribution in [-0.2, 0) is 0 Å². The lowest BCUT2D eigenvalue weighted by Crippen LogP contribution is -2.15. The highest BCUT2D eigenvalue weighted by Crippen LogP contribution is 2.16. The van der Waals surface area contributed by atoms with Crippen molar-refractivity contribution in [1.82, 2.24) is 4.98 Å². The molecular weight excluding hydrogens is 238 g/mol. The number of aryl methyl sites for hydroxylation is 1. The third kappa shape index (κ3) is 3.17. The van der Waals surface area contributed by atoms with Gasteiger partial charge in [-0.2, -0.15) is 0 Å². The molecule has 0 radical (unpaired) electrons. The fourth-order valence-corrected chi connectivity index (χ4v) is 1.81. The van der Waals surface area contributed by atoms with Crippen molar-refractivity contribution >= 4 is 11.6 Å². The van der Waals surface area contributed by atoms with Gasteiger partial charge in [-0.05, 0) is 43.2 Å². The van der Waals surface area contributed by atoms with Crippen LogP contribution >= 0.6 is 0 Å². The molecule has 0 fully saturated rings. The van der Waals surface area contributed by atoms with Crippen LogP contribution in [0.15, 0.2) is 42.6 Å². The lowest BCUT2D eigenvalue weighted by Gasteiger charge is -2.10. The fraction of sp³-hybridized carbons (Fsp3) is 0.200. The standard InChI is InChI=1S/C15H17N3O/c1-10-5-4-8-17-14(10)15(19)18-13-7-3-6-12(9-13)11(2)16/h3-9,11H,16H2,1-2H3,(H,18,19). The van der Waals surface area contributed by atoms with Gasteiger partial charge in [0.25, 0.3) is 5.91 Å². The van der Waals surface area contributed by atoms with Gasteiger partial charge in [-0.15, -0.1) is 0 Å². The van der Waals surface area contributed by atoms with E-state index in [1.165, 1.54) is 0 Å². The van der Waals surface area contributed by atoms with Crippen LogP contribution in [0.1, 0.15) is 34.6 Å². The Balaban J connectivity index is 2.20. The van der Waals surface area contributed by atoms with E-state index in [9.17, 15) is 4.79 Å². The van der Waals surface area contributed by atoms with E-state index in [0.29, 0.717) is 5.69 Å². The lowest BCUT2D eigenvalue weighted by atomic mass is 10.1. The third-order valence-electron chi connectivity index (χ3n) is 2.89. The van der Waals surface area contributed by atoms with Crippen molar-refractivity contribution in [2.75, 3.05) is 5.32 Å². The summed E-state index contributed by atoms with van der Waals surface area (Å²) in [6, 6.07) is 11.1. The first kappa shape index (κ1) is 13.2. The van der Waals surface area contributed by atoms with Crippen molar-refractivity contribution in [3.8, 4) is 0 Å². The molecule has 0 aliphatic heterocycles. The maximum Gasteiger partial charge on any atom is 0.274 e. The van der Waals surface area contributed by atoms with Gasteiger partial charge >= 0.3 is 0 Å². The molecule has 1 aromatic heterocycles. The van der Waals surface area contributed by atoms with E-state index in [2.05, 4.69) is 10.3 Å². The first-order chi connectivity index (χ1) is 9.08. The van der Waals surface area contributed by atoms with Crippen molar-refractivity contribution in [2.45, 2.75) is 19.9 Å². The zero-order valence-electron chi connectivity index (χ0n) is 11.1. The van der Waals surface area contributed by atoms with Crippen LogP contribution in [0.25, 0.3) is 0 Å². The van der Waals surface area contributed by atoms with E-state index in [-0.39, 0.29) is 11.9 Å². The smallest absolute Gasteiger partial charge is 0.274 e. The molecule has 1 heterocycles. The van der Waals surface area contributed by atoms with Crippen LogP contribution in [0.3, 0.4) is 0 Å². The largest absolute Gasteiger partial charge is 0.324 e. The lowest BCUT2D eigenvalue weighted by molar-refractivity contribution is 0.102. The number of nitrogens with two attached hydrogens (primary N) is 1. The van der Waals surface area contributed by atoms with Crippen molar-refractivity contribution < 1.29 is 4.79 Å². The zero-order chi connectivity index (χ0) is 13.8. The Morgan fingerprint density at radius 3 is 2.79 bits per heavy atom. The monoisotopic (exact) mass is 255 g/mol. The summed E-state index contributed by atoms with van der Waals surface area (Å²) in [6.07, 6.45) is 1.61. The van der Waals surface area contributed by atoms with Crippen LogP contribution in [0.4, 0.5) is 5.69 Å². The molecule has 98 valence electrons. The van der Waals surface area contributed by atoms with Gasteiger partial charge in [0.2, 0.25) is 0 Å². The molecule has 0 saturated heterocycles. The summed E-state index contributed by atoms with van der Waals surface area (Å²) >= 11 is 0. The zero-order valence-corrected chi connectivity index (χ0v) is 11.1. The number of nitrogens with one attached hydrogen (secondary N) is 1. The fourth-order valence-electron chi connectivity index (χ4n) is 1.81. The number of rotatable bonds is 3. The second-order valence-corrected chi connectivity index (χ2v) is 4.54. The molecular formula is C15H17N3O. The second kappa shape index (κ2) is 5.63. The number of amides is 1. The SMILES string of the molecule is Cc1cccnc1C(=O)Nc1cccc(C(C)N)c1. The molecule has 0 aliphatic rings. The molecule has 3 N–H and O–H groups in total. The molecule has 2 rings (SSSR count). The van der Waals surface area contributed by atoms with E-state index >= 15 is 0 Å². The van der Waals surface area contributed by atoms with Crippen molar-refractivity contribution in [3.63, 3.8) is 0 Å². The average Bonchev–Trinajstić information content (AvgIpc) is 2.39. The quantitative estimate of drug-likeness (QED) is 0.886. The van der Waals surface area contributed by atoms with Crippen LogP contribution in [0.2, 0.25) is 0 Å².